The molecule has 2 aromatic rings. The van der Waals surface area contributed by atoms with Crippen LogP contribution >= 0.6 is 23.2 Å². The second-order valence-electron chi connectivity index (χ2n) is 11.1. The van der Waals surface area contributed by atoms with Gasteiger partial charge in [0, 0.05) is 49.0 Å². The minimum atomic E-state index is -0.451. The Bertz CT molecular complexity index is 1070. The van der Waals surface area contributed by atoms with Crippen LogP contribution in [0.25, 0.3) is 0 Å². The third-order valence-electron chi connectivity index (χ3n) is 6.91. The summed E-state index contributed by atoms with van der Waals surface area (Å²) in [4.78, 5) is 23.2. The lowest BCUT2D eigenvalue weighted by Gasteiger charge is -2.29. The van der Waals surface area contributed by atoms with Crippen LogP contribution in [-0.2, 0) is 14.3 Å². The number of ether oxygens (including phenoxy) is 1. The molecule has 2 fully saturated rings. The van der Waals surface area contributed by atoms with Crippen molar-refractivity contribution in [1.82, 2.24) is 10.6 Å². The van der Waals surface area contributed by atoms with Crippen LogP contribution < -0.4 is 16.0 Å². The highest BCUT2D eigenvalue weighted by Crippen LogP contribution is 2.39. The summed E-state index contributed by atoms with van der Waals surface area (Å²) >= 11 is 12.0. The van der Waals surface area contributed by atoms with Gasteiger partial charge in [0.1, 0.15) is 5.82 Å². The first-order chi connectivity index (χ1) is 18.1. The Kier molecular flexibility index (Phi) is 11.4. The van der Waals surface area contributed by atoms with Crippen LogP contribution in [0.4, 0.5) is 10.1 Å². The summed E-state index contributed by atoms with van der Waals surface area (Å²) in [6, 6.07) is 11.9. The van der Waals surface area contributed by atoms with Crippen molar-refractivity contribution in [2.45, 2.75) is 52.0 Å². The molecule has 0 aliphatic carbocycles. The van der Waals surface area contributed by atoms with E-state index in [1.807, 2.05) is 0 Å². The fraction of sp³-hybridized carbons (Fsp3) is 0.517. The molecule has 38 heavy (non-hydrogen) atoms. The van der Waals surface area contributed by atoms with E-state index < -0.39 is 11.7 Å². The number of anilines is 1. The van der Waals surface area contributed by atoms with E-state index in [0.717, 1.165) is 45.4 Å². The molecule has 9 heteroatoms. The molecule has 3 N–H and O–H groups in total. The zero-order valence-electron chi connectivity index (χ0n) is 22.2. The maximum absolute atomic E-state index is 14.7. The summed E-state index contributed by atoms with van der Waals surface area (Å²) in [6.45, 7) is 9.44. The predicted octanol–water partition coefficient (Wildman–Crippen LogP) is 6.04. The van der Waals surface area contributed by atoms with E-state index in [1.165, 1.54) is 6.07 Å². The molecule has 2 amide bonds. The zero-order chi connectivity index (χ0) is 27.7. The highest BCUT2D eigenvalue weighted by Gasteiger charge is 2.44. The van der Waals surface area contributed by atoms with Crippen molar-refractivity contribution < 1.29 is 18.7 Å². The molecule has 2 saturated heterocycles. The second kappa shape index (κ2) is 14.3. The van der Waals surface area contributed by atoms with E-state index in [0.29, 0.717) is 28.7 Å². The first-order valence-electron chi connectivity index (χ1n) is 13.1. The highest BCUT2D eigenvalue weighted by atomic mass is 35.5. The molecule has 6 nitrogen and oxygen atoms in total. The smallest absolute Gasteiger partial charge is 0.229 e. The van der Waals surface area contributed by atoms with Crippen LogP contribution in [0.2, 0.25) is 10.0 Å². The fourth-order valence-corrected chi connectivity index (χ4v) is 5.48. The second-order valence-corrected chi connectivity index (χ2v) is 12.0. The van der Waals surface area contributed by atoms with Gasteiger partial charge in [0.25, 0.3) is 0 Å². The Morgan fingerprint density at radius 3 is 2.53 bits per heavy atom. The van der Waals surface area contributed by atoms with Gasteiger partial charge in [0.15, 0.2) is 0 Å². The molecule has 2 aromatic carbocycles. The molecular formula is C29H38Cl2FN3O3. The largest absolute Gasteiger partial charge is 0.381 e. The minimum Gasteiger partial charge on any atom is -0.381 e. The number of benzene rings is 2. The van der Waals surface area contributed by atoms with Crippen LogP contribution in [0.5, 0.6) is 0 Å². The molecule has 3 atom stereocenters. The Hall–Kier alpha value is -2.19. The quantitative estimate of drug-likeness (QED) is 0.357. The maximum atomic E-state index is 14.7. The number of carbonyl (C=O) groups is 2. The van der Waals surface area contributed by atoms with Gasteiger partial charge in [-0.2, -0.15) is 0 Å². The van der Waals surface area contributed by atoms with Crippen molar-refractivity contribution in [3.63, 3.8) is 0 Å². The van der Waals surface area contributed by atoms with Crippen LogP contribution in [0.3, 0.4) is 0 Å². The first-order valence-corrected chi connectivity index (χ1v) is 13.8. The molecule has 0 bridgehead atoms. The van der Waals surface area contributed by atoms with Gasteiger partial charge in [-0.3, -0.25) is 9.59 Å². The van der Waals surface area contributed by atoms with E-state index in [1.54, 1.807) is 36.4 Å². The molecule has 0 spiro atoms. The van der Waals surface area contributed by atoms with E-state index in [9.17, 15) is 14.0 Å². The maximum Gasteiger partial charge on any atom is 0.229 e. The van der Waals surface area contributed by atoms with Crippen LogP contribution in [-0.4, -0.2) is 44.7 Å². The van der Waals surface area contributed by atoms with Crippen molar-refractivity contribution in [3.05, 3.63) is 63.9 Å². The van der Waals surface area contributed by atoms with Gasteiger partial charge in [-0.25, -0.2) is 4.39 Å². The van der Waals surface area contributed by atoms with Gasteiger partial charge >= 0.3 is 0 Å². The minimum absolute atomic E-state index is 0.0218. The SMILES string of the molecule is CC(C)(C)CC1NCC(c2cccc(Cl)c2F)C1C(=O)Nc1cccc(Cl)c1.O=CNCC1CCOCC1. The Morgan fingerprint density at radius 2 is 1.87 bits per heavy atom. The molecule has 2 heterocycles. The average Bonchev–Trinajstić information content (AvgIpc) is 3.27. The summed E-state index contributed by atoms with van der Waals surface area (Å²) in [5.74, 6) is -0.686. The van der Waals surface area contributed by atoms with Crippen LogP contribution in [0, 0.1) is 23.1 Å². The van der Waals surface area contributed by atoms with Crippen LogP contribution in [0.1, 0.15) is 51.5 Å². The molecule has 208 valence electrons. The number of carbonyl (C=O) groups excluding carboxylic acids is 2. The number of hydrogen-bond donors (Lipinski definition) is 3. The van der Waals surface area contributed by atoms with Crippen molar-refractivity contribution in [3.8, 4) is 0 Å². The summed E-state index contributed by atoms with van der Waals surface area (Å²) in [5, 5.41) is 9.70. The van der Waals surface area contributed by atoms with Gasteiger partial charge in [-0.1, -0.05) is 62.2 Å². The molecular weight excluding hydrogens is 528 g/mol. The number of rotatable bonds is 7. The lowest BCUT2D eigenvalue weighted by Crippen LogP contribution is -2.38. The summed E-state index contributed by atoms with van der Waals surface area (Å²) in [6.07, 6.45) is 3.72. The highest BCUT2D eigenvalue weighted by molar-refractivity contribution is 6.31. The van der Waals surface area contributed by atoms with E-state index in [-0.39, 0.29) is 28.3 Å². The zero-order valence-corrected chi connectivity index (χ0v) is 23.7. The molecule has 2 aliphatic heterocycles. The van der Waals surface area contributed by atoms with E-state index in [2.05, 4.69) is 36.7 Å². The van der Waals surface area contributed by atoms with Crippen molar-refractivity contribution in [2.75, 3.05) is 31.6 Å². The standard InChI is InChI=1S/C22H25Cl2FN2O.C7H13NO2/c1-22(2,3)11-18-19(21(28)27-14-7-4-6-13(23)10-14)16(12-26-18)15-8-5-9-17(24)20(15)25;9-6-8-5-7-1-3-10-4-2-7/h4-10,16,18-19,26H,11-12H2,1-3H3,(H,27,28);6-7H,1-5H2,(H,8,9). The normalized spacial score (nSPS) is 21.8. The van der Waals surface area contributed by atoms with Gasteiger partial charge in [-0.05, 0) is 60.4 Å². The molecule has 0 radical (unpaired) electrons. The van der Waals surface area contributed by atoms with E-state index in [4.69, 9.17) is 27.9 Å². The van der Waals surface area contributed by atoms with Crippen LogP contribution in [0.15, 0.2) is 42.5 Å². The average molecular weight is 567 g/mol. The molecule has 0 saturated carbocycles. The number of nitrogens with one attached hydrogen (secondary N) is 3. The van der Waals surface area contributed by atoms with Gasteiger partial charge < -0.3 is 20.7 Å². The lowest BCUT2D eigenvalue weighted by molar-refractivity contribution is -0.120. The summed E-state index contributed by atoms with van der Waals surface area (Å²) in [7, 11) is 0. The topological polar surface area (TPSA) is 79.5 Å². The number of halogens is 3. The summed E-state index contributed by atoms with van der Waals surface area (Å²) < 4.78 is 19.9. The van der Waals surface area contributed by atoms with Crippen molar-refractivity contribution in [2.24, 2.45) is 17.3 Å². The molecule has 2 aliphatic rings. The van der Waals surface area contributed by atoms with Crippen molar-refractivity contribution >= 4 is 41.2 Å². The number of hydrogen-bond acceptors (Lipinski definition) is 4. The number of amides is 2. The van der Waals surface area contributed by atoms with Gasteiger partial charge in [0.05, 0.1) is 10.9 Å². The molecule has 3 unspecified atom stereocenters. The molecule has 0 aromatic heterocycles. The van der Waals surface area contributed by atoms with E-state index >= 15 is 0 Å². The van der Waals surface area contributed by atoms with Crippen molar-refractivity contribution in [1.29, 1.82) is 0 Å². The Labute approximate surface area is 235 Å². The Morgan fingerprint density at radius 1 is 1.16 bits per heavy atom. The lowest BCUT2D eigenvalue weighted by atomic mass is 9.78. The molecule has 4 rings (SSSR count). The Balaban J connectivity index is 0.000000336. The van der Waals surface area contributed by atoms with Gasteiger partial charge in [0.2, 0.25) is 12.3 Å². The predicted molar refractivity (Wildman–Crippen MR) is 151 cm³/mol. The summed E-state index contributed by atoms with van der Waals surface area (Å²) in [5.41, 5.74) is 1.13. The third-order valence-corrected chi connectivity index (χ3v) is 7.43. The van der Waals surface area contributed by atoms with Gasteiger partial charge in [-0.15, -0.1) is 0 Å². The third kappa shape index (κ3) is 8.94. The monoisotopic (exact) mass is 565 g/mol. The fourth-order valence-electron chi connectivity index (χ4n) is 5.10. The first kappa shape index (κ1) is 30.4.